The van der Waals surface area contributed by atoms with Gasteiger partial charge in [-0.25, -0.2) is 0 Å². The predicted octanol–water partition coefficient (Wildman–Crippen LogP) is 4.40. The fourth-order valence-electron chi connectivity index (χ4n) is 4.15. The summed E-state index contributed by atoms with van der Waals surface area (Å²) >= 11 is 1.37. The van der Waals surface area contributed by atoms with Crippen molar-refractivity contribution in [2.45, 2.75) is 30.9 Å². The number of nitrogens with zero attached hydrogens (tertiary/aromatic N) is 2. The Morgan fingerprint density at radius 2 is 2.00 bits per heavy atom. The first-order valence-corrected chi connectivity index (χ1v) is 10.8. The van der Waals surface area contributed by atoms with E-state index < -0.39 is 16.6 Å². The van der Waals surface area contributed by atoms with Crippen molar-refractivity contribution >= 4 is 29.3 Å². The van der Waals surface area contributed by atoms with E-state index in [2.05, 4.69) is 0 Å². The van der Waals surface area contributed by atoms with Crippen LogP contribution in [0.2, 0.25) is 0 Å². The van der Waals surface area contributed by atoms with E-state index in [9.17, 15) is 22.8 Å². The normalized spacial score (nSPS) is 20.5. The second-order valence-electron chi connectivity index (χ2n) is 7.36. The van der Waals surface area contributed by atoms with Gasteiger partial charge in [0.1, 0.15) is 5.75 Å². The standard InChI is InChI=1S/C22H21F3N2O3S/c1-3-19(28)27-9-10-31-21(27)17-12-16(30-2)7-8-18(17)26(20(21)29)13-14-5-4-6-15(11-14)22(23,24)25/h4-8,11-12H,3,9-10,13H2,1-2H3. The number of methoxy groups -OCH3 is 1. The monoisotopic (exact) mass is 450 g/mol. The van der Waals surface area contributed by atoms with Crippen LogP contribution >= 0.6 is 11.8 Å². The molecule has 0 saturated carbocycles. The zero-order valence-electron chi connectivity index (χ0n) is 17.0. The van der Waals surface area contributed by atoms with Gasteiger partial charge in [-0.2, -0.15) is 13.2 Å². The van der Waals surface area contributed by atoms with Crippen LogP contribution in [0.3, 0.4) is 0 Å². The number of amides is 2. The maximum absolute atomic E-state index is 13.8. The maximum atomic E-state index is 13.8. The summed E-state index contributed by atoms with van der Waals surface area (Å²) in [5.41, 5.74) is 0.803. The average Bonchev–Trinajstić information content (AvgIpc) is 3.30. The van der Waals surface area contributed by atoms with Crippen LogP contribution in [-0.2, 0) is 27.2 Å². The highest BCUT2D eigenvalue weighted by atomic mass is 32.2. The molecule has 0 radical (unpaired) electrons. The second-order valence-corrected chi connectivity index (χ2v) is 8.65. The molecule has 1 fully saturated rings. The van der Waals surface area contributed by atoms with E-state index in [-0.39, 0.29) is 24.8 Å². The summed E-state index contributed by atoms with van der Waals surface area (Å²) in [5.74, 6) is 0.666. The fourth-order valence-corrected chi connectivity index (χ4v) is 5.62. The Bertz CT molecular complexity index is 1040. The molecule has 2 aromatic carbocycles. The minimum atomic E-state index is -4.47. The topological polar surface area (TPSA) is 49.9 Å². The smallest absolute Gasteiger partial charge is 0.416 e. The van der Waals surface area contributed by atoms with Gasteiger partial charge < -0.3 is 14.5 Å². The molecule has 9 heteroatoms. The van der Waals surface area contributed by atoms with E-state index in [0.717, 1.165) is 12.1 Å². The van der Waals surface area contributed by atoms with E-state index in [1.165, 1.54) is 29.8 Å². The number of fused-ring (bicyclic) bond motifs is 2. The highest BCUT2D eigenvalue weighted by Gasteiger charge is 2.59. The van der Waals surface area contributed by atoms with Gasteiger partial charge in [0.15, 0.2) is 4.87 Å². The molecule has 2 aliphatic rings. The van der Waals surface area contributed by atoms with Gasteiger partial charge in [0.25, 0.3) is 5.91 Å². The lowest BCUT2D eigenvalue weighted by molar-refractivity contribution is -0.139. The summed E-state index contributed by atoms with van der Waals surface area (Å²) in [6, 6.07) is 10.1. The largest absolute Gasteiger partial charge is 0.497 e. The maximum Gasteiger partial charge on any atom is 0.416 e. The van der Waals surface area contributed by atoms with Crippen LogP contribution < -0.4 is 9.64 Å². The van der Waals surface area contributed by atoms with Crippen molar-refractivity contribution < 1.29 is 27.5 Å². The quantitative estimate of drug-likeness (QED) is 0.693. The third-order valence-corrected chi connectivity index (χ3v) is 7.02. The van der Waals surface area contributed by atoms with Crippen molar-refractivity contribution in [1.29, 1.82) is 0 Å². The first-order valence-electron chi connectivity index (χ1n) is 9.83. The minimum absolute atomic E-state index is 0.0292. The Balaban J connectivity index is 1.80. The molecule has 5 nitrogen and oxygen atoms in total. The molecule has 1 atom stereocenters. The molecule has 31 heavy (non-hydrogen) atoms. The SMILES string of the molecule is CCC(=O)N1CCSC12C(=O)N(Cc1cccc(C(F)(F)F)c1)c1ccc(OC)cc12. The number of benzene rings is 2. The van der Waals surface area contributed by atoms with Gasteiger partial charge >= 0.3 is 6.18 Å². The van der Waals surface area contributed by atoms with Crippen LogP contribution in [-0.4, -0.2) is 36.1 Å². The second kappa shape index (κ2) is 7.78. The Morgan fingerprint density at radius 3 is 2.68 bits per heavy atom. The van der Waals surface area contributed by atoms with Crippen molar-refractivity contribution in [3.63, 3.8) is 0 Å². The number of carbonyl (C=O) groups is 2. The van der Waals surface area contributed by atoms with Crippen LogP contribution in [0, 0.1) is 0 Å². The number of carbonyl (C=O) groups excluding carboxylic acids is 2. The van der Waals surface area contributed by atoms with Gasteiger partial charge in [-0.3, -0.25) is 9.59 Å². The van der Waals surface area contributed by atoms with E-state index in [1.54, 1.807) is 36.1 Å². The molecule has 2 aliphatic heterocycles. The van der Waals surface area contributed by atoms with Crippen LogP contribution in [0.1, 0.15) is 30.0 Å². The molecular formula is C22H21F3N2O3S. The summed E-state index contributed by atoms with van der Waals surface area (Å²) in [6.07, 6.45) is -4.22. The Morgan fingerprint density at radius 1 is 1.23 bits per heavy atom. The van der Waals surface area contributed by atoms with Gasteiger partial charge in [-0.1, -0.05) is 19.1 Å². The van der Waals surface area contributed by atoms with Crippen molar-refractivity contribution in [3.8, 4) is 5.75 Å². The fraction of sp³-hybridized carbons (Fsp3) is 0.364. The first kappa shape index (κ1) is 21.5. The van der Waals surface area contributed by atoms with Crippen molar-refractivity contribution in [3.05, 3.63) is 59.2 Å². The molecule has 1 unspecified atom stereocenters. The van der Waals surface area contributed by atoms with Crippen LogP contribution in [0.4, 0.5) is 18.9 Å². The molecule has 2 amide bonds. The number of halogens is 3. The lowest BCUT2D eigenvalue weighted by atomic mass is 10.0. The van der Waals surface area contributed by atoms with Crippen molar-refractivity contribution in [2.75, 3.05) is 24.3 Å². The Kier molecular flexibility index (Phi) is 5.41. The molecule has 1 spiro atoms. The number of ether oxygens (including phenoxy) is 1. The number of hydrogen-bond donors (Lipinski definition) is 0. The first-order chi connectivity index (χ1) is 14.7. The molecule has 2 aromatic rings. The molecule has 164 valence electrons. The molecule has 0 aromatic heterocycles. The van der Waals surface area contributed by atoms with Gasteiger partial charge in [0, 0.05) is 24.3 Å². The summed E-state index contributed by atoms with van der Waals surface area (Å²) in [4.78, 5) is 28.3. The molecule has 0 N–H and O–H groups in total. The molecule has 0 bridgehead atoms. The van der Waals surface area contributed by atoms with Gasteiger partial charge in [0.05, 0.1) is 24.9 Å². The highest BCUT2D eigenvalue weighted by molar-refractivity contribution is 8.01. The number of thioether (sulfide) groups is 1. The number of anilines is 1. The lowest BCUT2D eigenvalue weighted by Crippen LogP contribution is -2.50. The average molecular weight is 450 g/mol. The Hall–Kier alpha value is -2.68. The van der Waals surface area contributed by atoms with E-state index in [0.29, 0.717) is 34.9 Å². The molecule has 4 rings (SSSR count). The predicted molar refractivity (Wildman–Crippen MR) is 112 cm³/mol. The van der Waals surface area contributed by atoms with Crippen LogP contribution in [0.15, 0.2) is 42.5 Å². The summed E-state index contributed by atoms with van der Waals surface area (Å²) in [7, 11) is 1.52. The molecule has 2 heterocycles. The third kappa shape index (κ3) is 3.44. The summed E-state index contributed by atoms with van der Waals surface area (Å²) < 4.78 is 44.8. The van der Waals surface area contributed by atoms with Gasteiger partial charge in [-0.15, -0.1) is 11.8 Å². The molecule has 0 aliphatic carbocycles. The third-order valence-electron chi connectivity index (χ3n) is 5.60. The zero-order valence-corrected chi connectivity index (χ0v) is 17.8. The minimum Gasteiger partial charge on any atom is -0.497 e. The van der Waals surface area contributed by atoms with E-state index >= 15 is 0 Å². The van der Waals surface area contributed by atoms with Gasteiger partial charge in [0.2, 0.25) is 5.91 Å². The highest BCUT2D eigenvalue weighted by Crippen LogP contribution is 2.55. The van der Waals surface area contributed by atoms with E-state index in [4.69, 9.17) is 4.74 Å². The number of alkyl halides is 3. The van der Waals surface area contributed by atoms with Crippen molar-refractivity contribution in [2.24, 2.45) is 0 Å². The summed E-state index contributed by atoms with van der Waals surface area (Å²) in [6.45, 7) is 2.14. The number of rotatable bonds is 4. The molecule has 1 saturated heterocycles. The Labute approximate surface area is 182 Å². The van der Waals surface area contributed by atoms with Gasteiger partial charge in [-0.05, 0) is 35.9 Å². The van der Waals surface area contributed by atoms with E-state index in [1.807, 2.05) is 0 Å². The van der Waals surface area contributed by atoms with Crippen molar-refractivity contribution in [1.82, 2.24) is 4.90 Å². The summed E-state index contributed by atoms with van der Waals surface area (Å²) in [5, 5.41) is 0. The lowest BCUT2D eigenvalue weighted by Gasteiger charge is -2.33. The number of hydrogen-bond acceptors (Lipinski definition) is 4. The zero-order chi connectivity index (χ0) is 22.4. The van der Waals surface area contributed by atoms with Crippen LogP contribution in [0.25, 0.3) is 0 Å². The van der Waals surface area contributed by atoms with Crippen LogP contribution in [0.5, 0.6) is 5.75 Å². The molecular weight excluding hydrogens is 429 g/mol.